The van der Waals surface area contributed by atoms with Gasteiger partial charge in [-0.3, -0.25) is 14.4 Å². The predicted octanol–water partition coefficient (Wildman–Crippen LogP) is 3.57. The van der Waals surface area contributed by atoms with E-state index in [0.717, 1.165) is 38.5 Å². The van der Waals surface area contributed by atoms with Crippen molar-refractivity contribution in [3.8, 4) is 0 Å². The molecule has 196 valence electrons. The Morgan fingerprint density at radius 3 is 2.44 bits per heavy atom. The van der Waals surface area contributed by atoms with Crippen LogP contribution in [0.3, 0.4) is 0 Å². The maximum atomic E-state index is 14.2. The molecule has 1 aromatic rings. The van der Waals surface area contributed by atoms with Crippen LogP contribution < -0.4 is 10.6 Å². The quantitative estimate of drug-likeness (QED) is 0.518. The molecule has 2 bridgehead atoms. The summed E-state index contributed by atoms with van der Waals surface area (Å²) in [5, 5.41) is 16.7. The summed E-state index contributed by atoms with van der Waals surface area (Å²) in [6.07, 6.45) is 6.82. The molecule has 3 amide bonds. The SMILES string of the molecule is CC(C)[C@H](CO)N1C(=O)[C@@H]2[C@H](C(=O)Nc3ccccc3)[C@]3(C)CCC2(S3)C1C(=O)NC1CCCCC1. The van der Waals surface area contributed by atoms with Crippen LogP contribution in [0.5, 0.6) is 0 Å². The minimum atomic E-state index is -0.683. The van der Waals surface area contributed by atoms with E-state index in [0.29, 0.717) is 5.69 Å². The maximum absolute atomic E-state index is 14.2. The van der Waals surface area contributed by atoms with Gasteiger partial charge < -0.3 is 20.6 Å². The number of hydrogen-bond acceptors (Lipinski definition) is 5. The molecule has 3 saturated heterocycles. The lowest BCUT2D eigenvalue weighted by Gasteiger charge is -2.39. The first-order valence-corrected chi connectivity index (χ1v) is 14.3. The van der Waals surface area contributed by atoms with Gasteiger partial charge in [0.05, 0.1) is 29.2 Å². The standard InChI is InChI=1S/C28H39N3O4S/c1-17(2)20(16-32)31-23(25(34)30-19-12-8-5-9-13-19)28-15-14-27(3,36-28)21(22(28)26(31)35)24(33)29-18-10-6-4-7-11-18/h4,6-7,10-11,17,19-23,32H,5,8-9,12-16H2,1-3H3,(H,29,33)(H,30,34)/t20-,21+,22-,23?,27-,28?/m0/s1. The second kappa shape index (κ2) is 9.67. The van der Waals surface area contributed by atoms with Gasteiger partial charge in [0.1, 0.15) is 6.04 Å². The highest BCUT2D eigenvalue weighted by atomic mass is 32.2. The number of nitrogens with zero attached hydrogens (tertiary/aromatic N) is 1. The van der Waals surface area contributed by atoms with Crippen molar-refractivity contribution in [2.75, 3.05) is 11.9 Å². The highest BCUT2D eigenvalue weighted by Gasteiger charge is 2.77. The van der Waals surface area contributed by atoms with Crippen molar-refractivity contribution in [3.63, 3.8) is 0 Å². The minimum absolute atomic E-state index is 0.0199. The maximum Gasteiger partial charge on any atom is 0.244 e. The lowest BCUT2D eigenvalue weighted by Crippen LogP contribution is -2.59. The fourth-order valence-electron chi connectivity index (χ4n) is 7.31. The van der Waals surface area contributed by atoms with Crippen molar-refractivity contribution in [1.29, 1.82) is 0 Å². The molecule has 2 unspecified atom stereocenters. The molecule has 1 aliphatic carbocycles. The molecule has 3 aliphatic heterocycles. The van der Waals surface area contributed by atoms with E-state index in [1.54, 1.807) is 16.7 Å². The number of nitrogens with one attached hydrogen (secondary N) is 2. The van der Waals surface area contributed by atoms with E-state index < -0.39 is 33.4 Å². The highest BCUT2D eigenvalue weighted by molar-refractivity contribution is 8.02. The fourth-order valence-corrected chi connectivity index (χ4v) is 9.65. The third-order valence-electron chi connectivity index (χ3n) is 9.05. The molecule has 1 aromatic carbocycles. The summed E-state index contributed by atoms with van der Waals surface area (Å²) >= 11 is 1.68. The molecule has 0 aromatic heterocycles. The molecule has 4 fully saturated rings. The zero-order chi connectivity index (χ0) is 25.7. The van der Waals surface area contributed by atoms with E-state index >= 15 is 0 Å². The summed E-state index contributed by atoms with van der Waals surface area (Å²) in [6.45, 7) is 5.82. The van der Waals surface area contributed by atoms with Gasteiger partial charge in [0.25, 0.3) is 0 Å². The van der Waals surface area contributed by atoms with E-state index in [9.17, 15) is 19.5 Å². The van der Waals surface area contributed by atoms with Crippen LogP contribution in [0.25, 0.3) is 0 Å². The van der Waals surface area contributed by atoms with Gasteiger partial charge in [-0.1, -0.05) is 51.3 Å². The average Bonchev–Trinajstić information content (AvgIpc) is 3.42. The second-order valence-electron chi connectivity index (χ2n) is 11.7. The van der Waals surface area contributed by atoms with Crippen molar-refractivity contribution in [2.24, 2.45) is 17.8 Å². The Bertz CT molecular complexity index is 1010. The van der Waals surface area contributed by atoms with Crippen LogP contribution in [0.15, 0.2) is 30.3 Å². The molecular weight excluding hydrogens is 474 g/mol. The van der Waals surface area contributed by atoms with Crippen LogP contribution in [0.2, 0.25) is 0 Å². The third-order valence-corrected chi connectivity index (χ3v) is 11.0. The average molecular weight is 514 g/mol. The Balaban J connectivity index is 1.51. The number of anilines is 1. The number of carbonyl (C=O) groups excluding carboxylic acids is 3. The summed E-state index contributed by atoms with van der Waals surface area (Å²) in [7, 11) is 0. The van der Waals surface area contributed by atoms with E-state index in [1.807, 2.05) is 44.2 Å². The number of rotatable bonds is 7. The lowest BCUT2D eigenvalue weighted by molar-refractivity contribution is -0.143. The van der Waals surface area contributed by atoms with Crippen LogP contribution in [0.1, 0.15) is 65.7 Å². The molecule has 1 spiro atoms. The molecule has 1 saturated carbocycles. The summed E-state index contributed by atoms with van der Waals surface area (Å²) in [5.41, 5.74) is 0.706. The van der Waals surface area contributed by atoms with Crippen LogP contribution in [0, 0.1) is 17.8 Å². The Morgan fingerprint density at radius 1 is 1.11 bits per heavy atom. The van der Waals surface area contributed by atoms with Crippen molar-refractivity contribution in [1.82, 2.24) is 10.2 Å². The molecule has 0 radical (unpaired) electrons. The van der Waals surface area contributed by atoms with Gasteiger partial charge in [-0.25, -0.2) is 0 Å². The van der Waals surface area contributed by atoms with E-state index in [4.69, 9.17) is 0 Å². The molecule has 4 aliphatic rings. The number of benzene rings is 1. The van der Waals surface area contributed by atoms with Crippen LogP contribution in [-0.2, 0) is 14.4 Å². The molecule has 3 heterocycles. The number of likely N-dealkylation sites (tertiary alicyclic amines) is 1. The molecule has 5 rings (SSSR count). The second-order valence-corrected chi connectivity index (χ2v) is 13.6. The van der Waals surface area contributed by atoms with Crippen molar-refractivity contribution in [2.45, 2.75) is 93.3 Å². The molecule has 3 N–H and O–H groups in total. The molecule has 8 heteroatoms. The van der Waals surface area contributed by atoms with Gasteiger partial charge >= 0.3 is 0 Å². The van der Waals surface area contributed by atoms with E-state index in [2.05, 4.69) is 17.6 Å². The highest BCUT2D eigenvalue weighted by Crippen LogP contribution is 2.71. The first-order valence-electron chi connectivity index (χ1n) is 13.5. The predicted molar refractivity (Wildman–Crippen MR) is 141 cm³/mol. The number of fused-ring (bicyclic) bond motifs is 1. The Hall–Kier alpha value is -2.06. The zero-order valence-electron chi connectivity index (χ0n) is 21.5. The number of aliphatic hydroxyl groups excluding tert-OH is 1. The third kappa shape index (κ3) is 4.05. The molecule has 6 atom stereocenters. The zero-order valence-corrected chi connectivity index (χ0v) is 22.4. The Morgan fingerprint density at radius 2 is 1.81 bits per heavy atom. The largest absolute Gasteiger partial charge is 0.394 e. The van der Waals surface area contributed by atoms with Crippen molar-refractivity contribution >= 4 is 35.2 Å². The Labute approximate surface area is 218 Å². The number of para-hydroxylation sites is 1. The number of hydrogen-bond donors (Lipinski definition) is 3. The van der Waals surface area contributed by atoms with Crippen molar-refractivity contribution < 1.29 is 19.5 Å². The van der Waals surface area contributed by atoms with Crippen LogP contribution >= 0.6 is 11.8 Å². The van der Waals surface area contributed by atoms with Crippen LogP contribution in [0.4, 0.5) is 5.69 Å². The van der Waals surface area contributed by atoms with E-state index in [1.165, 1.54) is 6.42 Å². The monoisotopic (exact) mass is 513 g/mol. The first-order chi connectivity index (χ1) is 17.2. The molecule has 36 heavy (non-hydrogen) atoms. The summed E-state index contributed by atoms with van der Waals surface area (Å²) in [4.78, 5) is 43.6. The molecular formula is C28H39N3O4S. The van der Waals surface area contributed by atoms with Gasteiger partial charge in [0, 0.05) is 16.5 Å². The van der Waals surface area contributed by atoms with Gasteiger partial charge in [-0.05, 0) is 50.7 Å². The number of carbonyl (C=O) groups is 3. The Kier molecular flexibility index (Phi) is 6.87. The lowest BCUT2D eigenvalue weighted by atomic mass is 9.66. The molecule has 7 nitrogen and oxygen atoms in total. The summed E-state index contributed by atoms with van der Waals surface area (Å²) in [5.74, 6) is -1.57. The number of amides is 3. The van der Waals surface area contributed by atoms with Gasteiger partial charge in [-0.2, -0.15) is 0 Å². The number of aliphatic hydroxyl groups is 1. The van der Waals surface area contributed by atoms with Gasteiger partial charge in [0.15, 0.2) is 0 Å². The topological polar surface area (TPSA) is 98.7 Å². The van der Waals surface area contributed by atoms with Gasteiger partial charge in [-0.15, -0.1) is 11.8 Å². The van der Waals surface area contributed by atoms with E-state index in [-0.39, 0.29) is 36.3 Å². The van der Waals surface area contributed by atoms with Gasteiger partial charge in [0.2, 0.25) is 17.7 Å². The van der Waals surface area contributed by atoms with Crippen LogP contribution in [-0.4, -0.2) is 62.0 Å². The first kappa shape index (κ1) is 25.6. The summed E-state index contributed by atoms with van der Waals surface area (Å²) in [6, 6.07) is 8.31. The summed E-state index contributed by atoms with van der Waals surface area (Å²) < 4.78 is -1.08. The fraction of sp³-hybridized carbons (Fsp3) is 0.679. The normalized spacial score (nSPS) is 34.6. The van der Waals surface area contributed by atoms with Crippen molar-refractivity contribution in [3.05, 3.63) is 30.3 Å². The smallest absolute Gasteiger partial charge is 0.244 e. The number of thioether (sulfide) groups is 1. The minimum Gasteiger partial charge on any atom is -0.394 e.